The summed E-state index contributed by atoms with van der Waals surface area (Å²) in [6, 6.07) is 0.472. The molecule has 0 aromatic rings. The summed E-state index contributed by atoms with van der Waals surface area (Å²) >= 11 is 0. The molecule has 0 aromatic heterocycles. The van der Waals surface area contributed by atoms with Crippen LogP contribution in [0.2, 0.25) is 0 Å². The number of hydrogen-bond acceptors (Lipinski definition) is 3. The first-order valence-electron chi connectivity index (χ1n) is 7.73. The SMILES string of the molecule is CCCCC(=O)NCC(C(C)C)N1CCN(C)CC1. The van der Waals surface area contributed by atoms with Gasteiger partial charge in [-0.15, -0.1) is 0 Å². The van der Waals surface area contributed by atoms with Gasteiger partial charge in [0.1, 0.15) is 0 Å². The molecule has 0 saturated carbocycles. The van der Waals surface area contributed by atoms with Crippen molar-refractivity contribution in [2.24, 2.45) is 5.92 Å². The van der Waals surface area contributed by atoms with E-state index in [4.69, 9.17) is 0 Å². The van der Waals surface area contributed by atoms with Gasteiger partial charge in [0.25, 0.3) is 0 Å². The van der Waals surface area contributed by atoms with Crippen molar-refractivity contribution in [1.82, 2.24) is 15.1 Å². The Labute approximate surface area is 118 Å². The third-order valence-corrected chi connectivity index (χ3v) is 4.04. The van der Waals surface area contributed by atoms with E-state index in [2.05, 4.69) is 42.9 Å². The first-order valence-corrected chi connectivity index (χ1v) is 7.73. The van der Waals surface area contributed by atoms with E-state index < -0.39 is 0 Å². The van der Waals surface area contributed by atoms with Crippen LogP contribution in [0.3, 0.4) is 0 Å². The number of unbranched alkanes of at least 4 members (excludes halogenated alkanes) is 1. The molecule has 1 heterocycles. The van der Waals surface area contributed by atoms with E-state index in [1.54, 1.807) is 0 Å². The first kappa shape index (κ1) is 16.4. The van der Waals surface area contributed by atoms with Crippen molar-refractivity contribution in [3.8, 4) is 0 Å². The van der Waals surface area contributed by atoms with E-state index in [-0.39, 0.29) is 5.91 Å². The highest BCUT2D eigenvalue weighted by atomic mass is 16.1. The number of piperazine rings is 1. The van der Waals surface area contributed by atoms with Gasteiger partial charge in [-0.25, -0.2) is 0 Å². The third kappa shape index (κ3) is 5.91. The molecule has 0 bridgehead atoms. The summed E-state index contributed by atoms with van der Waals surface area (Å²) in [4.78, 5) is 16.6. The van der Waals surface area contributed by atoms with Crippen LogP contribution in [0.25, 0.3) is 0 Å². The Morgan fingerprint density at radius 3 is 2.37 bits per heavy atom. The van der Waals surface area contributed by atoms with Gasteiger partial charge in [-0.1, -0.05) is 27.2 Å². The molecule has 1 amide bonds. The van der Waals surface area contributed by atoms with Crippen LogP contribution in [0.15, 0.2) is 0 Å². The highest BCUT2D eigenvalue weighted by Gasteiger charge is 2.25. The Kier molecular flexibility index (Phi) is 7.39. The second kappa shape index (κ2) is 8.54. The van der Waals surface area contributed by atoms with Crippen LogP contribution in [0.5, 0.6) is 0 Å². The summed E-state index contributed by atoms with van der Waals surface area (Å²) in [6.45, 7) is 11.9. The van der Waals surface area contributed by atoms with Crippen LogP contribution in [0.4, 0.5) is 0 Å². The van der Waals surface area contributed by atoms with Crippen LogP contribution < -0.4 is 5.32 Å². The molecule has 112 valence electrons. The van der Waals surface area contributed by atoms with Gasteiger partial charge in [0.15, 0.2) is 0 Å². The molecule has 1 unspecified atom stereocenters. The third-order valence-electron chi connectivity index (χ3n) is 4.04. The summed E-state index contributed by atoms with van der Waals surface area (Å²) in [5.74, 6) is 0.788. The number of carbonyl (C=O) groups is 1. The lowest BCUT2D eigenvalue weighted by molar-refractivity contribution is -0.121. The van der Waals surface area contributed by atoms with Crippen LogP contribution >= 0.6 is 0 Å². The number of amides is 1. The zero-order valence-electron chi connectivity index (χ0n) is 13.1. The Hall–Kier alpha value is -0.610. The molecule has 0 spiro atoms. The minimum absolute atomic E-state index is 0.210. The van der Waals surface area contributed by atoms with E-state index in [0.29, 0.717) is 18.4 Å². The lowest BCUT2D eigenvalue weighted by atomic mass is 10.0. The van der Waals surface area contributed by atoms with E-state index in [1.807, 2.05) is 0 Å². The average Bonchev–Trinajstić information content (AvgIpc) is 2.38. The maximum atomic E-state index is 11.7. The zero-order valence-corrected chi connectivity index (χ0v) is 13.1. The number of hydrogen-bond donors (Lipinski definition) is 1. The Bertz CT molecular complexity index is 260. The average molecular weight is 269 g/mol. The van der Waals surface area contributed by atoms with Crippen molar-refractivity contribution in [3.63, 3.8) is 0 Å². The number of likely N-dealkylation sites (N-methyl/N-ethyl adjacent to an activating group) is 1. The van der Waals surface area contributed by atoms with Crippen molar-refractivity contribution >= 4 is 5.91 Å². The highest BCUT2D eigenvalue weighted by molar-refractivity contribution is 5.75. The molecule has 1 aliphatic rings. The second-order valence-electron chi connectivity index (χ2n) is 6.06. The van der Waals surface area contributed by atoms with Crippen LogP contribution in [-0.2, 0) is 4.79 Å². The summed E-state index contributed by atoms with van der Waals surface area (Å²) in [5, 5.41) is 3.11. The topological polar surface area (TPSA) is 35.6 Å². The molecule has 0 aromatic carbocycles. The minimum atomic E-state index is 0.210. The minimum Gasteiger partial charge on any atom is -0.355 e. The summed E-state index contributed by atoms with van der Waals surface area (Å²) in [7, 11) is 2.17. The highest BCUT2D eigenvalue weighted by Crippen LogP contribution is 2.13. The molecular formula is C15H31N3O. The molecule has 19 heavy (non-hydrogen) atoms. The number of nitrogens with one attached hydrogen (secondary N) is 1. The van der Waals surface area contributed by atoms with Gasteiger partial charge in [0, 0.05) is 45.2 Å². The van der Waals surface area contributed by atoms with Crippen LogP contribution in [0, 0.1) is 5.92 Å². The molecule has 4 heteroatoms. The molecule has 1 fully saturated rings. The predicted molar refractivity (Wildman–Crippen MR) is 80.2 cm³/mol. The lowest BCUT2D eigenvalue weighted by Crippen LogP contribution is -2.54. The molecule has 0 radical (unpaired) electrons. The Morgan fingerprint density at radius 1 is 1.21 bits per heavy atom. The molecule has 1 rings (SSSR count). The lowest BCUT2D eigenvalue weighted by Gasteiger charge is -2.39. The van der Waals surface area contributed by atoms with Gasteiger partial charge in [-0.2, -0.15) is 0 Å². The fraction of sp³-hybridized carbons (Fsp3) is 0.933. The predicted octanol–water partition coefficient (Wildman–Crippen LogP) is 1.56. The van der Waals surface area contributed by atoms with Crippen LogP contribution in [-0.4, -0.2) is 61.5 Å². The number of carbonyl (C=O) groups excluding carboxylic acids is 1. The quantitative estimate of drug-likeness (QED) is 0.762. The summed E-state index contributed by atoms with van der Waals surface area (Å²) < 4.78 is 0. The summed E-state index contributed by atoms with van der Waals surface area (Å²) in [5.41, 5.74) is 0. The second-order valence-corrected chi connectivity index (χ2v) is 6.06. The maximum absolute atomic E-state index is 11.7. The standard InChI is InChI=1S/C15H31N3O/c1-5-6-7-15(19)16-12-14(13(2)3)18-10-8-17(4)9-11-18/h13-14H,5-12H2,1-4H3,(H,16,19). The van der Waals surface area contributed by atoms with E-state index >= 15 is 0 Å². The van der Waals surface area contributed by atoms with Crippen molar-refractivity contribution in [3.05, 3.63) is 0 Å². The van der Waals surface area contributed by atoms with E-state index in [0.717, 1.165) is 45.6 Å². The Balaban J connectivity index is 2.38. The zero-order chi connectivity index (χ0) is 14.3. The van der Waals surface area contributed by atoms with Gasteiger partial charge in [0.05, 0.1) is 0 Å². The number of rotatable bonds is 7. The van der Waals surface area contributed by atoms with Crippen molar-refractivity contribution < 1.29 is 4.79 Å². The van der Waals surface area contributed by atoms with E-state index in [9.17, 15) is 4.79 Å². The van der Waals surface area contributed by atoms with Gasteiger partial charge in [-0.3, -0.25) is 9.69 Å². The molecule has 1 atom stereocenters. The van der Waals surface area contributed by atoms with Gasteiger partial charge in [-0.05, 0) is 19.4 Å². The maximum Gasteiger partial charge on any atom is 0.220 e. The largest absolute Gasteiger partial charge is 0.355 e. The van der Waals surface area contributed by atoms with Gasteiger partial charge in [0.2, 0.25) is 5.91 Å². The summed E-state index contributed by atoms with van der Waals surface area (Å²) in [6.07, 6.45) is 2.75. The van der Waals surface area contributed by atoms with Crippen LogP contribution in [0.1, 0.15) is 40.0 Å². The van der Waals surface area contributed by atoms with Gasteiger partial charge < -0.3 is 10.2 Å². The molecule has 1 saturated heterocycles. The molecule has 1 N–H and O–H groups in total. The smallest absolute Gasteiger partial charge is 0.220 e. The van der Waals surface area contributed by atoms with Gasteiger partial charge >= 0.3 is 0 Å². The van der Waals surface area contributed by atoms with Crippen molar-refractivity contribution in [2.45, 2.75) is 46.1 Å². The monoisotopic (exact) mass is 269 g/mol. The van der Waals surface area contributed by atoms with Crippen molar-refractivity contribution in [1.29, 1.82) is 0 Å². The molecular weight excluding hydrogens is 238 g/mol. The van der Waals surface area contributed by atoms with E-state index in [1.165, 1.54) is 0 Å². The molecule has 0 aliphatic carbocycles. The molecule has 1 aliphatic heterocycles. The Morgan fingerprint density at radius 2 is 1.84 bits per heavy atom. The van der Waals surface area contributed by atoms with Crippen molar-refractivity contribution in [2.75, 3.05) is 39.8 Å². The fourth-order valence-corrected chi connectivity index (χ4v) is 2.58. The molecule has 4 nitrogen and oxygen atoms in total. The first-order chi connectivity index (χ1) is 9.04. The normalized spacial score (nSPS) is 19.6. The fourth-order valence-electron chi connectivity index (χ4n) is 2.58. The number of nitrogens with zero attached hydrogens (tertiary/aromatic N) is 2.